The molecular weight excluding hydrogens is 290 g/mol. The molecule has 24 heavy (non-hydrogen) atoms. The van der Waals surface area contributed by atoms with E-state index in [0.717, 1.165) is 71.3 Å². The van der Waals surface area contributed by atoms with Crippen molar-refractivity contribution in [2.45, 2.75) is 85.7 Å². The lowest BCUT2D eigenvalue weighted by atomic mass is 9.61. The Bertz CT molecular complexity index is 457. The summed E-state index contributed by atoms with van der Waals surface area (Å²) < 4.78 is 0. The fourth-order valence-corrected chi connectivity index (χ4v) is 7.74. The van der Waals surface area contributed by atoms with Crippen LogP contribution in [0.25, 0.3) is 0 Å². The number of nitrogens with one attached hydrogen (secondary N) is 1. The third-order valence-electron chi connectivity index (χ3n) is 9.10. The van der Waals surface area contributed by atoms with Gasteiger partial charge in [-0.15, -0.1) is 0 Å². The van der Waals surface area contributed by atoms with Crippen LogP contribution in [-0.4, -0.2) is 12.1 Å². The van der Waals surface area contributed by atoms with Crippen molar-refractivity contribution in [1.29, 1.82) is 0 Å². The van der Waals surface area contributed by atoms with E-state index < -0.39 is 0 Å². The highest BCUT2D eigenvalue weighted by Crippen LogP contribution is 2.59. The molecule has 3 aliphatic carbocycles. The molecule has 0 spiro atoms. The summed E-state index contributed by atoms with van der Waals surface area (Å²) in [5, 5.41) is 4.32. The lowest BCUT2D eigenvalue weighted by molar-refractivity contribution is 0.0134. The Morgan fingerprint density at radius 1 is 0.833 bits per heavy atom. The molecule has 4 fully saturated rings. The van der Waals surface area contributed by atoms with Gasteiger partial charge in [-0.05, 0) is 84.9 Å². The van der Waals surface area contributed by atoms with Crippen molar-refractivity contribution in [3.63, 3.8) is 0 Å². The molecule has 0 radical (unpaired) electrons. The van der Waals surface area contributed by atoms with Gasteiger partial charge in [0.05, 0.1) is 0 Å². The van der Waals surface area contributed by atoms with Crippen molar-refractivity contribution in [3.8, 4) is 0 Å². The number of fused-ring (bicyclic) bond motifs is 5. The zero-order valence-corrected chi connectivity index (χ0v) is 17.0. The molecule has 4 rings (SSSR count). The molecule has 138 valence electrons. The summed E-state index contributed by atoms with van der Waals surface area (Å²) in [5.74, 6) is 9.49. The van der Waals surface area contributed by atoms with E-state index in [4.69, 9.17) is 0 Å². The van der Waals surface area contributed by atoms with Crippen LogP contribution in [0.3, 0.4) is 0 Å². The smallest absolute Gasteiger partial charge is 0.0135 e. The molecule has 1 aliphatic heterocycles. The van der Waals surface area contributed by atoms with E-state index in [1.807, 2.05) is 0 Å². The first-order valence-corrected chi connectivity index (χ1v) is 11.1. The summed E-state index contributed by atoms with van der Waals surface area (Å²) >= 11 is 0. The third-order valence-corrected chi connectivity index (χ3v) is 9.10. The van der Waals surface area contributed by atoms with Crippen LogP contribution in [0, 0.1) is 59.2 Å². The van der Waals surface area contributed by atoms with Crippen molar-refractivity contribution >= 4 is 0 Å². The monoisotopic (exact) mass is 331 g/mol. The molecule has 1 saturated heterocycles. The maximum atomic E-state index is 4.32. The van der Waals surface area contributed by atoms with E-state index >= 15 is 0 Å². The largest absolute Gasteiger partial charge is 0.310 e. The second-order valence-electron chi connectivity index (χ2n) is 10.9. The Morgan fingerprint density at radius 3 is 2.12 bits per heavy atom. The molecule has 1 nitrogen and oxygen atoms in total. The van der Waals surface area contributed by atoms with Gasteiger partial charge in [0.25, 0.3) is 0 Å². The topological polar surface area (TPSA) is 12.0 Å². The molecule has 0 aromatic heterocycles. The van der Waals surface area contributed by atoms with Crippen molar-refractivity contribution in [2.75, 3.05) is 0 Å². The number of rotatable bonds is 3. The predicted octanol–water partition coefficient (Wildman–Crippen LogP) is 5.60. The fraction of sp³-hybridized carbons (Fsp3) is 1.00. The summed E-state index contributed by atoms with van der Waals surface area (Å²) in [6, 6.07) is 1.65. The van der Waals surface area contributed by atoms with Gasteiger partial charge in [-0.2, -0.15) is 0 Å². The van der Waals surface area contributed by atoms with Gasteiger partial charge in [-0.25, -0.2) is 0 Å². The lowest BCUT2D eigenvalue weighted by Gasteiger charge is -2.52. The lowest BCUT2D eigenvalue weighted by Crippen LogP contribution is -2.60. The minimum atomic E-state index is 0.805. The summed E-state index contributed by atoms with van der Waals surface area (Å²) in [7, 11) is 0. The normalized spacial score (nSPS) is 56.9. The molecule has 1 N–H and O–H groups in total. The first-order chi connectivity index (χ1) is 11.4. The molecule has 0 aromatic carbocycles. The Labute approximate surface area is 150 Å². The van der Waals surface area contributed by atoms with Crippen molar-refractivity contribution in [3.05, 3.63) is 0 Å². The van der Waals surface area contributed by atoms with Crippen LogP contribution in [0.15, 0.2) is 0 Å². The number of hydrogen-bond acceptors (Lipinski definition) is 1. The summed E-state index contributed by atoms with van der Waals surface area (Å²) in [5.41, 5.74) is 0. The van der Waals surface area contributed by atoms with Gasteiger partial charge in [0.2, 0.25) is 0 Å². The quantitative estimate of drug-likeness (QED) is 0.710. The molecule has 4 aliphatic rings. The van der Waals surface area contributed by atoms with E-state index in [1.54, 1.807) is 0 Å². The van der Waals surface area contributed by atoms with Gasteiger partial charge in [0.15, 0.2) is 0 Å². The first kappa shape index (κ1) is 17.4. The fourth-order valence-electron chi connectivity index (χ4n) is 7.74. The zero-order valence-electron chi connectivity index (χ0n) is 17.0. The number of piperidine rings is 1. The number of hydrogen-bond donors (Lipinski definition) is 1. The van der Waals surface area contributed by atoms with Gasteiger partial charge in [-0.1, -0.05) is 48.0 Å². The first-order valence-electron chi connectivity index (χ1n) is 11.1. The third kappa shape index (κ3) is 2.60. The Morgan fingerprint density at radius 2 is 1.54 bits per heavy atom. The van der Waals surface area contributed by atoms with E-state index in [9.17, 15) is 0 Å². The molecule has 0 amide bonds. The van der Waals surface area contributed by atoms with Crippen LogP contribution in [0.4, 0.5) is 0 Å². The Balaban J connectivity index is 1.61. The average molecular weight is 332 g/mol. The van der Waals surface area contributed by atoms with Gasteiger partial charge in [0, 0.05) is 12.1 Å². The molecule has 0 aromatic rings. The molecule has 11 unspecified atom stereocenters. The zero-order chi connectivity index (χ0) is 17.2. The maximum absolute atomic E-state index is 4.32. The highest BCUT2D eigenvalue weighted by atomic mass is 15.0. The standard InChI is InChI=1S/C23H41N/c1-12(2)9-18-19-10-13(3)11-20(18)23-21(19)15(5)16(6)22(24-23)17-8-7-14(17)4/h12-24H,7-11H2,1-6H3. The highest BCUT2D eigenvalue weighted by Gasteiger charge is 2.59. The SMILES string of the molecule is CC(C)CC1C2CC(C)CC1C1C(C)C(C)C(C3CCC3C)NC21. The molecule has 1 heteroatoms. The van der Waals surface area contributed by atoms with E-state index in [2.05, 4.69) is 46.9 Å². The van der Waals surface area contributed by atoms with Crippen molar-refractivity contribution in [1.82, 2.24) is 5.32 Å². The van der Waals surface area contributed by atoms with Gasteiger partial charge in [0.1, 0.15) is 0 Å². The second kappa shape index (κ2) is 6.29. The van der Waals surface area contributed by atoms with Crippen molar-refractivity contribution < 1.29 is 0 Å². The van der Waals surface area contributed by atoms with Crippen molar-refractivity contribution in [2.24, 2.45) is 59.2 Å². The molecular formula is C23H41N. The van der Waals surface area contributed by atoms with E-state index in [-0.39, 0.29) is 0 Å². The summed E-state index contributed by atoms with van der Waals surface area (Å²) in [4.78, 5) is 0. The van der Waals surface area contributed by atoms with Crippen LogP contribution in [0.1, 0.15) is 73.6 Å². The van der Waals surface area contributed by atoms with E-state index in [1.165, 1.54) is 32.1 Å². The highest BCUT2D eigenvalue weighted by molar-refractivity contribution is 5.11. The minimum Gasteiger partial charge on any atom is -0.310 e. The van der Waals surface area contributed by atoms with E-state index in [0.29, 0.717) is 0 Å². The second-order valence-corrected chi connectivity index (χ2v) is 10.9. The summed E-state index contributed by atoms with van der Waals surface area (Å²) in [6.07, 6.45) is 7.43. The van der Waals surface area contributed by atoms with Gasteiger partial charge >= 0.3 is 0 Å². The van der Waals surface area contributed by atoms with Crippen LogP contribution < -0.4 is 5.32 Å². The summed E-state index contributed by atoms with van der Waals surface area (Å²) in [6.45, 7) is 15.1. The molecule has 1 heterocycles. The van der Waals surface area contributed by atoms with Gasteiger partial charge in [-0.3, -0.25) is 0 Å². The Hall–Kier alpha value is -0.0400. The van der Waals surface area contributed by atoms with Crippen LogP contribution >= 0.6 is 0 Å². The van der Waals surface area contributed by atoms with Crippen LogP contribution in [0.5, 0.6) is 0 Å². The van der Waals surface area contributed by atoms with Gasteiger partial charge < -0.3 is 5.32 Å². The maximum Gasteiger partial charge on any atom is 0.0135 e. The predicted molar refractivity (Wildman–Crippen MR) is 103 cm³/mol. The Kier molecular flexibility index (Phi) is 4.55. The minimum absolute atomic E-state index is 0.805. The molecule has 2 bridgehead atoms. The average Bonchev–Trinajstić information content (AvgIpc) is 2.67. The van der Waals surface area contributed by atoms with Crippen LogP contribution in [-0.2, 0) is 0 Å². The molecule has 11 atom stereocenters. The molecule has 3 saturated carbocycles. The van der Waals surface area contributed by atoms with Crippen LogP contribution in [0.2, 0.25) is 0 Å².